The number of piperidine rings is 1. The first-order valence-electron chi connectivity index (χ1n) is 12.0. The number of rotatable bonds is 8. The Labute approximate surface area is 211 Å². The van der Waals surface area contributed by atoms with Crippen LogP contribution in [0.2, 0.25) is 0 Å². The summed E-state index contributed by atoms with van der Waals surface area (Å²) in [7, 11) is 1.58. The van der Waals surface area contributed by atoms with Gasteiger partial charge in [0.15, 0.2) is 5.69 Å². The Hall–Kier alpha value is -4.23. The van der Waals surface area contributed by atoms with Crippen LogP contribution >= 0.6 is 0 Å². The van der Waals surface area contributed by atoms with Gasteiger partial charge in [-0.25, -0.2) is 15.0 Å². The van der Waals surface area contributed by atoms with Crippen LogP contribution in [0, 0.1) is 17.2 Å². The number of aromatic nitrogens is 3. The molecule has 0 bridgehead atoms. The lowest BCUT2D eigenvalue weighted by Crippen LogP contribution is -2.31. The number of carbonyl (C=O) groups excluding carboxylic acids is 1. The van der Waals surface area contributed by atoms with E-state index in [0.717, 1.165) is 32.5 Å². The van der Waals surface area contributed by atoms with Gasteiger partial charge in [0.1, 0.15) is 23.5 Å². The molecule has 10 heteroatoms. The SMILES string of the molecule is CC.COc1cccc(NC(=O)c2cnc(Nc3cnc(C#N)cn3)cc2NCC2CCNCC2)c1. The lowest BCUT2D eigenvalue weighted by atomic mass is 9.98. The summed E-state index contributed by atoms with van der Waals surface area (Å²) in [6, 6.07) is 10.9. The molecule has 4 rings (SSSR count). The van der Waals surface area contributed by atoms with Crippen LogP contribution in [0.4, 0.5) is 23.0 Å². The second-order valence-corrected chi connectivity index (χ2v) is 7.90. The van der Waals surface area contributed by atoms with Crippen LogP contribution in [0.25, 0.3) is 0 Å². The van der Waals surface area contributed by atoms with Crippen LogP contribution in [-0.4, -0.2) is 47.6 Å². The zero-order valence-electron chi connectivity index (χ0n) is 20.8. The summed E-state index contributed by atoms with van der Waals surface area (Å²) in [5, 5.41) is 21.7. The number of nitrogens with zero attached hydrogens (tertiary/aromatic N) is 4. The van der Waals surface area contributed by atoms with E-state index in [1.54, 1.807) is 25.3 Å². The summed E-state index contributed by atoms with van der Waals surface area (Å²) < 4.78 is 5.24. The largest absolute Gasteiger partial charge is 0.497 e. The average molecular weight is 489 g/mol. The van der Waals surface area contributed by atoms with Crippen molar-refractivity contribution >= 4 is 28.9 Å². The topological polar surface area (TPSA) is 137 Å². The summed E-state index contributed by atoms with van der Waals surface area (Å²) >= 11 is 0. The first kappa shape index (κ1) is 26.4. The molecule has 1 amide bonds. The van der Waals surface area contributed by atoms with Gasteiger partial charge in [-0.1, -0.05) is 19.9 Å². The predicted octanol–water partition coefficient (Wildman–Crippen LogP) is 4.19. The zero-order chi connectivity index (χ0) is 25.8. The van der Waals surface area contributed by atoms with Gasteiger partial charge in [0.05, 0.1) is 30.8 Å². The fourth-order valence-electron chi connectivity index (χ4n) is 3.67. The van der Waals surface area contributed by atoms with Gasteiger partial charge in [-0.15, -0.1) is 0 Å². The number of nitriles is 1. The van der Waals surface area contributed by atoms with Gasteiger partial charge in [-0.3, -0.25) is 4.79 Å². The Bertz CT molecular complexity index is 1170. The molecule has 36 heavy (non-hydrogen) atoms. The van der Waals surface area contributed by atoms with Crippen molar-refractivity contribution in [3.8, 4) is 11.8 Å². The standard InChI is InChI=1S/C24H26N8O2.C2H6/c1-34-19-4-2-3-17(9-19)31-24(33)20-14-30-22(32-23-15-27-18(11-25)13-29-23)10-21(20)28-12-16-5-7-26-8-6-16;1-2/h2-4,9-10,13-16,26H,5-8,12H2,1H3,(H,31,33)(H2,28,29,30,32);1-2H3. The van der Waals surface area contributed by atoms with E-state index in [-0.39, 0.29) is 11.6 Å². The molecule has 1 aliphatic rings. The van der Waals surface area contributed by atoms with E-state index in [2.05, 4.69) is 36.2 Å². The van der Waals surface area contributed by atoms with Crippen molar-refractivity contribution in [3.63, 3.8) is 0 Å². The molecule has 2 aromatic heterocycles. The molecule has 1 aliphatic heterocycles. The molecule has 0 spiro atoms. The Morgan fingerprint density at radius 3 is 2.58 bits per heavy atom. The van der Waals surface area contributed by atoms with E-state index >= 15 is 0 Å². The van der Waals surface area contributed by atoms with E-state index in [1.807, 2.05) is 32.0 Å². The van der Waals surface area contributed by atoms with E-state index in [4.69, 9.17) is 10.00 Å². The number of carbonyl (C=O) groups is 1. The highest BCUT2D eigenvalue weighted by Crippen LogP contribution is 2.24. The average Bonchev–Trinajstić information content (AvgIpc) is 2.94. The molecular weight excluding hydrogens is 456 g/mol. The van der Waals surface area contributed by atoms with Crippen molar-refractivity contribution in [2.75, 3.05) is 42.7 Å². The molecule has 0 radical (unpaired) electrons. The molecule has 3 aromatic rings. The van der Waals surface area contributed by atoms with Gasteiger partial charge < -0.3 is 26.0 Å². The molecule has 0 saturated carbocycles. The summed E-state index contributed by atoms with van der Waals surface area (Å²) in [6.45, 7) is 6.74. The van der Waals surface area contributed by atoms with E-state index in [1.165, 1.54) is 18.6 Å². The number of anilines is 4. The summed E-state index contributed by atoms with van der Waals surface area (Å²) in [5.41, 5.74) is 1.95. The molecule has 1 fully saturated rings. The van der Waals surface area contributed by atoms with Crippen molar-refractivity contribution < 1.29 is 9.53 Å². The Kier molecular flexibility index (Phi) is 9.97. The number of hydrogen-bond donors (Lipinski definition) is 4. The van der Waals surface area contributed by atoms with Gasteiger partial charge in [-0.05, 0) is 44.0 Å². The van der Waals surface area contributed by atoms with Crippen molar-refractivity contribution in [3.05, 3.63) is 60.2 Å². The van der Waals surface area contributed by atoms with Crippen molar-refractivity contribution in [1.82, 2.24) is 20.3 Å². The minimum atomic E-state index is -0.279. The van der Waals surface area contributed by atoms with Crippen LogP contribution in [0.5, 0.6) is 5.75 Å². The quantitative estimate of drug-likeness (QED) is 0.368. The third-order valence-corrected chi connectivity index (χ3v) is 5.54. The third-order valence-electron chi connectivity index (χ3n) is 5.54. The maximum absolute atomic E-state index is 13.1. The van der Waals surface area contributed by atoms with Crippen molar-refractivity contribution in [2.45, 2.75) is 26.7 Å². The fourth-order valence-corrected chi connectivity index (χ4v) is 3.67. The number of nitrogens with one attached hydrogen (secondary N) is 4. The minimum Gasteiger partial charge on any atom is -0.497 e. The Morgan fingerprint density at radius 1 is 1.11 bits per heavy atom. The molecule has 0 aliphatic carbocycles. The minimum absolute atomic E-state index is 0.229. The lowest BCUT2D eigenvalue weighted by molar-refractivity contribution is 0.102. The summed E-state index contributed by atoms with van der Waals surface area (Å²) in [6.07, 6.45) is 6.53. The highest BCUT2D eigenvalue weighted by molar-refractivity contribution is 6.08. The molecule has 0 atom stereocenters. The van der Waals surface area contributed by atoms with Gasteiger partial charge in [0.25, 0.3) is 5.91 Å². The lowest BCUT2D eigenvalue weighted by Gasteiger charge is -2.24. The number of hydrogen-bond acceptors (Lipinski definition) is 9. The fraction of sp³-hybridized carbons (Fsp3) is 0.346. The van der Waals surface area contributed by atoms with Crippen molar-refractivity contribution in [2.24, 2.45) is 5.92 Å². The number of ether oxygens (including phenoxy) is 1. The Morgan fingerprint density at radius 2 is 1.89 bits per heavy atom. The first-order chi connectivity index (χ1) is 17.6. The van der Waals surface area contributed by atoms with Gasteiger partial charge in [-0.2, -0.15) is 5.26 Å². The summed E-state index contributed by atoms with van der Waals surface area (Å²) in [5.74, 6) is 1.85. The molecular formula is C26H32N8O2. The monoisotopic (exact) mass is 488 g/mol. The predicted molar refractivity (Wildman–Crippen MR) is 141 cm³/mol. The molecule has 1 aromatic carbocycles. The van der Waals surface area contributed by atoms with Crippen LogP contribution in [-0.2, 0) is 0 Å². The Balaban J connectivity index is 0.00000176. The highest BCUT2D eigenvalue weighted by atomic mass is 16.5. The van der Waals surface area contributed by atoms with E-state index in [0.29, 0.717) is 40.2 Å². The third kappa shape index (κ3) is 7.38. The van der Waals surface area contributed by atoms with Crippen LogP contribution < -0.4 is 26.0 Å². The van der Waals surface area contributed by atoms with Gasteiger partial charge in [0, 0.05) is 30.6 Å². The summed E-state index contributed by atoms with van der Waals surface area (Å²) in [4.78, 5) is 25.7. The molecule has 10 nitrogen and oxygen atoms in total. The van der Waals surface area contributed by atoms with Crippen LogP contribution in [0.1, 0.15) is 42.7 Å². The smallest absolute Gasteiger partial charge is 0.259 e. The molecule has 4 N–H and O–H groups in total. The van der Waals surface area contributed by atoms with Crippen LogP contribution in [0.15, 0.2) is 48.9 Å². The highest BCUT2D eigenvalue weighted by Gasteiger charge is 2.17. The van der Waals surface area contributed by atoms with E-state index < -0.39 is 0 Å². The second kappa shape index (κ2) is 13.6. The zero-order valence-corrected chi connectivity index (χ0v) is 20.8. The molecule has 3 heterocycles. The number of amides is 1. The van der Waals surface area contributed by atoms with Gasteiger partial charge >= 0.3 is 0 Å². The first-order valence-corrected chi connectivity index (χ1v) is 12.0. The molecule has 188 valence electrons. The molecule has 0 unspecified atom stereocenters. The van der Waals surface area contributed by atoms with Gasteiger partial charge in [0.2, 0.25) is 0 Å². The van der Waals surface area contributed by atoms with E-state index in [9.17, 15) is 4.79 Å². The maximum Gasteiger partial charge on any atom is 0.259 e. The molecule has 1 saturated heterocycles. The van der Waals surface area contributed by atoms with Crippen LogP contribution in [0.3, 0.4) is 0 Å². The number of methoxy groups -OCH3 is 1. The maximum atomic E-state index is 13.1. The number of benzene rings is 1. The van der Waals surface area contributed by atoms with Crippen molar-refractivity contribution in [1.29, 1.82) is 5.26 Å². The number of pyridine rings is 1. The normalized spacial score (nSPS) is 12.9. The second-order valence-electron chi connectivity index (χ2n) is 7.90.